The predicted molar refractivity (Wildman–Crippen MR) is 49.7 cm³/mol. The van der Waals surface area contributed by atoms with Crippen LogP contribution in [0.15, 0.2) is 4.52 Å². The van der Waals surface area contributed by atoms with Crippen molar-refractivity contribution < 1.29 is 14.4 Å². The molecule has 0 aliphatic rings. The third kappa shape index (κ3) is 3.08. The lowest BCUT2D eigenvalue weighted by Crippen LogP contribution is -2.06. The van der Waals surface area contributed by atoms with Crippen molar-refractivity contribution in [3.8, 4) is 0 Å². The Balaban J connectivity index is 2.44. The minimum absolute atomic E-state index is 0.178. The van der Waals surface area contributed by atoms with E-state index in [4.69, 9.17) is 14.4 Å². The molecule has 14 heavy (non-hydrogen) atoms. The van der Waals surface area contributed by atoms with Crippen molar-refractivity contribution in [1.82, 2.24) is 10.1 Å². The van der Waals surface area contributed by atoms with Crippen molar-refractivity contribution in [2.75, 3.05) is 7.11 Å². The van der Waals surface area contributed by atoms with Crippen molar-refractivity contribution in [2.24, 2.45) is 0 Å². The van der Waals surface area contributed by atoms with Crippen LogP contribution in [0.5, 0.6) is 0 Å². The summed E-state index contributed by atoms with van der Waals surface area (Å²) in [5, 5.41) is 12.8. The molecule has 80 valence electrons. The maximum Gasteiger partial charge on any atom is 0.226 e. The summed E-state index contributed by atoms with van der Waals surface area (Å²) >= 11 is 0. The van der Waals surface area contributed by atoms with Crippen molar-refractivity contribution in [3.05, 3.63) is 11.7 Å². The van der Waals surface area contributed by atoms with Crippen molar-refractivity contribution in [3.63, 3.8) is 0 Å². The van der Waals surface area contributed by atoms with E-state index in [0.717, 1.165) is 6.42 Å². The van der Waals surface area contributed by atoms with E-state index in [-0.39, 0.29) is 6.10 Å². The topological polar surface area (TPSA) is 68.4 Å². The Labute approximate surface area is 83.1 Å². The minimum atomic E-state index is -0.674. The summed E-state index contributed by atoms with van der Waals surface area (Å²) in [4.78, 5) is 4.03. The lowest BCUT2D eigenvalue weighted by atomic mass is 10.2. The quantitative estimate of drug-likeness (QED) is 0.770. The number of aryl methyl sites for hydroxylation is 1. The molecule has 1 N–H and O–H groups in total. The first-order valence-corrected chi connectivity index (χ1v) is 4.66. The van der Waals surface area contributed by atoms with Crippen LogP contribution in [0, 0.1) is 0 Å². The molecule has 2 atom stereocenters. The lowest BCUT2D eigenvalue weighted by molar-refractivity contribution is 0.109. The van der Waals surface area contributed by atoms with Crippen LogP contribution in [0.4, 0.5) is 0 Å². The van der Waals surface area contributed by atoms with Gasteiger partial charge in [-0.3, -0.25) is 0 Å². The Morgan fingerprint density at radius 2 is 2.21 bits per heavy atom. The van der Waals surface area contributed by atoms with E-state index in [1.807, 2.05) is 6.92 Å². The molecule has 5 nitrogen and oxygen atoms in total. The predicted octanol–water partition coefficient (Wildman–Crippen LogP) is 1.09. The zero-order valence-electron chi connectivity index (χ0n) is 8.73. The maximum absolute atomic E-state index is 9.15. The number of hydrogen-bond donors (Lipinski definition) is 1. The zero-order chi connectivity index (χ0) is 10.6. The zero-order valence-corrected chi connectivity index (χ0v) is 8.73. The largest absolute Gasteiger partial charge is 0.385 e. The number of hydrogen-bond acceptors (Lipinski definition) is 5. The molecule has 1 aromatic rings. The van der Waals surface area contributed by atoms with Gasteiger partial charge in [-0.1, -0.05) is 5.16 Å². The number of aliphatic hydroxyl groups excluding tert-OH is 1. The van der Waals surface area contributed by atoms with E-state index in [9.17, 15) is 0 Å². The van der Waals surface area contributed by atoms with E-state index in [0.29, 0.717) is 18.1 Å². The summed E-state index contributed by atoms with van der Waals surface area (Å²) in [7, 11) is 1.67. The molecule has 2 unspecified atom stereocenters. The first kappa shape index (κ1) is 11.1. The van der Waals surface area contributed by atoms with E-state index >= 15 is 0 Å². The molecule has 0 amide bonds. The van der Waals surface area contributed by atoms with Crippen molar-refractivity contribution in [2.45, 2.75) is 38.9 Å². The molecular weight excluding hydrogens is 184 g/mol. The molecule has 0 aromatic carbocycles. The molecule has 1 heterocycles. The highest BCUT2D eigenvalue weighted by molar-refractivity contribution is 4.89. The van der Waals surface area contributed by atoms with Crippen molar-refractivity contribution in [1.29, 1.82) is 0 Å². The second kappa shape index (κ2) is 5.07. The fourth-order valence-electron chi connectivity index (χ4n) is 0.984. The standard InChI is InChI=1S/C9H16N2O3/c1-6(13-3)4-5-8-10-9(7(2)12)11-14-8/h6-7,12H,4-5H2,1-3H3. The maximum atomic E-state index is 9.15. The summed E-state index contributed by atoms with van der Waals surface area (Å²) in [6, 6.07) is 0. The number of ether oxygens (including phenoxy) is 1. The van der Waals surface area contributed by atoms with Gasteiger partial charge in [0.05, 0.1) is 6.10 Å². The summed E-state index contributed by atoms with van der Waals surface area (Å²) in [6.45, 7) is 3.58. The van der Waals surface area contributed by atoms with Crippen LogP contribution < -0.4 is 0 Å². The van der Waals surface area contributed by atoms with Crippen LogP contribution in [0.3, 0.4) is 0 Å². The average molecular weight is 200 g/mol. The molecular formula is C9H16N2O3. The van der Waals surface area contributed by atoms with Gasteiger partial charge in [-0.25, -0.2) is 0 Å². The fraction of sp³-hybridized carbons (Fsp3) is 0.778. The molecule has 0 bridgehead atoms. The van der Waals surface area contributed by atoms with Gasteiger partial charge in [0.1, 0.15) is 6.10 Å². The Hall–Kier alpha value is -0.940. The Kier molecular flexibility index (Phi) is 4.03. The molecule has 0 radical (unpaired) electrons. The van der Waals surface area contributed by atoms with Gasteiger partial charge in [-0.2, -0.15) is 4.98 Å². The second-order valence-corrected chi connectivity index (χ2v) is 3.31. The van der Waals surface area contributed by atoms with Gasteiger partial charge in [0, 0.05) is 13.5 Å². The third-order valence-corrected chi connectivity index (χ3v) is 2.02. The molecule has 0 aliphatic heterocycles. The summed E-state index contributed by atoms with van der Waals surface area (Å²) in [6.07, 6.45) is 1.01. The molecule has 0 fully saturated rings. The number of nitrogens with zero attached hydrogens (tertiary/aromatic N) is 2. The molecule has 0 aliphatic carbocycles. The van der Waals surface area contributed by atoms with E-state index < -0.39 is 6.10 Å². The Bertz CT molecular complexity index is 273. The first-order chi connectivity index (χ1) is 6.63. The van der Waals surface area contributed by atoms with Gasteiger partial charge in [0.2, 0.25) is 5.89 Å². The first-order valence-electron chi connectivity index (χ1n) is 4.66. The fourth-order valence-corrected chi connectivity index (χ4v) is 0.984. The van der Waals surface area contributed by atoms with Gasteiger partial charge in [-0.15, -0.1) is 0 Å². The van der Waals surface area contributed by atoms with Crippen LogP contribution in [0.25, 0.3) is 0 Å². The molecule has 1 aromatic heterocycles. The molecule has 5 heteroatoms. The molecule has 0 saturated carbocycles. The van der Waals surface area contributed by atoms with Gasteiger partial charge < -0.3 is 14.4 Å². The Morgan fingerprint density at radius 3 is 2.71 bits per heavy atom. The normalized spacial score (nSPS) is 15.4. The van der Waals surface area contributed by atoms with Gasteiger partial charge >= 0.3 is 0 Å². The van der Waals surface area contributed by atoms with Crippen molar-refractivity contribution >= 4 is 0 Å². The van der Waals surface area contributed by atoms with Crippen LogP contribution in [0.2, 0.25) is 0 Å². The van der Waals surface area contributed by atoms with Crippen LogP contribution in [-0.4, -0.2) is 28.5 Å². The van der Waals surface area contributed by atoms with E-state index in [1.165, 1.54) is 0 Å². The van der Waals surface area contributed by atoms with Gasteiger partial charge in [0.25, 0.3) is 0 Å². The molecule has 0 saturated heterocycles. The Morgan fingerprint density at radius 1 is 1.50 bits per heavy atom. The van der Waals surface area contributed by atoms with Crippen LogP contribution >= 0.6 is 0 Å². The summed E-state index contributed by atoms with van der Waals surface area (Å²) < 4.78 is 10.0. The highest BCUT2D eigenvalue weighted by Gasteiger charge is 2.11. The second-order valence-electron chi connectivity index (χ2n) is 3.31. The highest BCUT2D eigenvalue weighted by Crippen LogP contribution is 2.09. The number of methoxy groups -OCH3 is 1. The summed E-state index contributed by atoms with van der Waals surface area (Å²) in [5.74, 6) is 0.884. The number of aliphatic hydroxyl groups is 1. The molecule has 0 spiro atoms. The average Bonchev–Trinajstić information content (AvgIpc) is 2.62. The smallest absolute Gasteiger partial charge is 0.226 e. The highest BCUT2D eigenvalue weighted by atomic mass is 16.5. The SMILES string of the molecule is COC(C)CCc1nc(C(C)O)no1. The number of aromatic nitrogens is 2. The van der Waals surface area contributed by atoms with Crippen LogP contribution in [-0.2, 0) is 11.2 Å². The summed E-state index contributed by atoms with van der Waals surface area (Å²) in [5.41, 5.74) is 0. The van der Waals surface area contributed by atoms with Gasteiger partial charge in [0.15, 0.2) is 5.82 Å². The number of rotatable bonds is 5. The minimum Gasteiger partial charge on any atom is -0.385 e. The molecule has 1 rings (SSSR count). The third-order valence-electron chi connectivity index (χ3n) is 2.02. The van der Waals surface area contributed by atoms with Gasteiger partial charge in [-0.05, 0) is 20.3 Å². The van der Waals surface area contributed by atoms with Crippen LogP contribution in [0.1, 0.15) is 38.1 Å². The monoisotopic (exact) mass is 200 g/mol. The van der Waals surface area contributed by atoms with E-state index in [2.05, 4.69) is 10.1 Å². The van der Waals surface area contributed by atoms with E-state index in [1.54, 1.807) is 14.0 Å². The lowest BCUT2D eigenvalue weighted by Gasteiger charge is -2.05.